The van der Waals surface area contributed by atoms with Gasteiger partial charge in [-0.25, -0.2) is 0 Å². The van der Waals surface area contributed by atoms with Gasteiger partial charge in [-0.2, -0.15) is 4.98 Å². The van der Waals surface area contributed by atoms with Crippen LogP contribution in [-0.4, -0.2) is 41.7 Å². The van der Waals surface area contributed by atoms with Crippen LogP contribution in [0, 0.1) is 0 Å². The summed E-state index contributed by atoms with van der Waals surface area (Å²) in [5.41, 5.74) is 2.01. The fraction of sp³-hybridized carbons (Fsp3) is 0.318. The maximum Gasteiger partial charge on any atom is 0.231 e. The lowest BCUT2D eigenvalue weighted by molar-refractivity contribution is -0.128. The molecule has 2 aromatic carbocycles. The van der Waals surface area contributed by atoms with E-state index in [1.165, 1.54) is 0 Å². The van der Waals surface area contributed by atoms with E-state index in [4.69, 9.17) is 14.0 Å². The van der Waals surface area contributed by atoms with Gasteiger partial charge in [0.05, 0.1) is 20.6 Å². The Morgan fingerprint density at radius 2 is 2.00 bits per heavy atom. The summed E-state index contributed by atoms with van der Waals surface area (Å²) in [6, 6.07) is 15.5. The predicted octanol–water partition coefficient (Wildman–Crippen LogP) is 3.19. The second-order valence-electron chi connectivity index (χ2n) is 7.06. The summed E-state index contributed by atoms with van der Waals surface area (Å²) in [5.74, 6) is 2.70. The Hall–Kier alpha value is -3.35. The van der Waals surface area contributed by atoms with Gasteiger partial charge in [-0.05, 0) is 23.8 Å². The van der Waals surface area contributed by atoms with Crippen molar-refractivity contribution < 1.29 is 18.8 Å². The molecule has 150 valence electrons. The lowest BCUT2D eigenvalue weighted by atomic mass is 10.1. The molecule has 0 N–H and O–H groups in total. The van der Waals surface area contributed by atoms with Crippen LogP contribution in [0.15, 0.2) is 53.1 Å². The number of amides is 1. The van der Waals surface area contributed by atoms with E-state index in [0.29, 0.717) is 37.6 Å². The Kier molecular flexibility index (Phi) is 5.46. The number of para-hydroxylation sites is 1. The summed E-state index contributed by atoms with van der Waals surface area (Å²) in [6.07, 6.45) is 0.906. The molecule has 1 unspecified atom stereocenters. The summed E-state index contributed by atoms with van der Waals surface area (Å²) in [6.45, 7) is 1.07. The number of likely N-dealkylation sites (tertiary alicyclic amines) is 1. The number of benzene rings is 2. The fourth-order valence-electron chi connectivity index (χ4n) is 3.60. The molecule has 29 heavy (non-hydrogen) atoms. The smallest absolute Gasteiger partial charge is 0.231 e. The van der Waals surface area contributed by atoms with E-state index >= 15 is 0 Å². The van der Waals surface area contributed by atoms with Crippen LogP contribution in [0.25, 0.3) is 0 Å². The number of ether oxygens (including phenoxy) is 2. The van der Waals surface area contributed by atoms with Gasteiger partial charge in [0.2, 0.25) is 11.8 Å². The van der Waals surface area contributed by atoms with E-state index in [2.05, 4.69) is 10.1 Å². The van der Waals surface area contributed by atoms with Crippen LogP contribution >= 0.6 is 0 Å². The monoisotopic (exact) mass is 393 g/mol. The Bertz CT molecular complexity index is 1000. The second kappa shape index (κ2) is 8.34. The normalized spacial score (nSPS) is 16.3. The first-order valence-electron chi connectivity index (χ1n) is 9.51. The minimum absolute atomic E-state index is 0.0694. The summed E-state index contributed by atoms with van der Waals surface area (Å²) < 4.78 is 16.1. The molecule has 3 aromatic rings. The third kappa shape index (κ3) is 4.23. The van der Waals surface area contributed by atoms with Gasteiger partial charge in [-0.15, -0.1) is 0 Å². The third-order valence-electron chi connectivity index (χ3n) is 5.11. The number of aromatic nitrogens is 2. The number of rotatable bonds is 7. The van der Waals surface area contributed by atoms with Crippen molar-refractivity contribution in [3.8, 4) is 11.5 Å². The molecule has 7 nitrogen and oxygen atoms in total. The van der Waals surface area contributed by atoms with E-state index in [9.17, 15) is 4.79 Å². The molecule has 1 aromatic heterocycles. The van der Waals surface area contributed by atoms with Gasteiger partial charge in [0.1, 0.15) is 11.5 Å². The largest absolute Gasteiger partial charge is 0.497 e. The van der Waals surface area contributed by atoms with E-state index in [0.717, 1.165) is 22.6 Å². The van der Waals surface area contributed by atoms with Gasteiger partial charge in [0.15, 0.2) is 5.82 Å². The van der Waals surface area contributed by atoms with Gasteiger partial charge >= 0.3 is 0 Å². The highest BCUT2D eigenvalue weighted by atomic mass is 16.5. The summed E-state index contributed by atoms with van der Waals surface area (Å²) in [7, 11) is 3.27. The number of hydrogen-bond donors (Lipinski definition) is 0. The molecule has 0 saturated carbocycles. The second-order valence-corrected chi connectivity index (χ2v) is 7.06. The van der Waals surface area contributed by atoms with Crippen LogP contribution < -0.4 is 9.47 Å². The maximum absolute atomic E-state index is 12.5. The molecule has 1 fully saturated rings. The summed E-state index contributed by atoms with van der Waals surface area (Å²) in [4.78, 5) is 18.9. The summed E-state index contributed by atoms with van der Waals surface area (Å²) in [5, 5.41) is 4.13. The standard InChI is InChI=1S/C22H23N3O4/c1-27-18-8-5-6-15(10-18)11-20-23-22(24-29-20)17-12-21(26)25(14-17)13-16-7-3-4-9-19(16)28-2/h3-10,17H,11-14H2,1-2H3. The molecule has 1 aliphatic heterocycles. The molecule has 7 heteroatoms. The third-order valence-corrected chi connectivity index (χ3v) is 5.11. The van der Waals surface area contributed by atoms with E-state index in [1.807, 2.05) is 53.4 Å². The van der Waals surface area contributed by atoms with E-state index in [1.54, 1.807) is 14.2 Å². The SMILES string of the molecule is COc1cccc(Cc2nc(C3CC(=O)N(Cc4ccccc4OC)C3)no2)c1. The van der Waals surface area contributed by atoms with Crippen LogP contribution in [0.3, 0.4) is 0 Å². The topological polar surface area (TPSA) is 77.7 Å². The molecular weight excluding hydrogens is 370 g/mol. The zero-order chi connectivity index (χ0) is 20.2. The van der Waals surface area contributed by atoms with Crippen molar-refractivity contribution in [3.05, 3.63) is 71.4 Å². The number of carbonyl (C=O) groups excluding carboxylic acids is 1. The van der Waals surface area contributed by atoms with Crippen LogP contribution in [0.4, 0.5) is 0 Å². The van der Waals surface area contributed by atoms with Crippen LogP contribution in [0.5, 0.6) is 11.5 Å². The van der Waals surface area contributed by atoms with Gasteiger partial charge in [-0.3, -0.25) is 4.79 Å². The van der Waals surface area contributed by atoms with Crippen LogP contribution in [-0.2, 0) is 17.8 Å². The first-order chi connectivity index (χ1) is 14.2. The minimum Gasteiger partial charge on any atom is -0.497 e. The minimum atomic E-state index is -0.0694. The van der Waals surface area contributed by atoms with Gasteiger partial charge in [0, 0.05) is 31.0 Å². The quantitative estimate of drug-likeness (QED) is 0.613. The average molecular weight is 393 g/mol. The predicted molar refractivity (Wildman–Crippen MR) is 106 cm³/mol. The Balaban J connectivity index is 1.43. The van der Waals surface area contributed by atoms with Crippen molar-refractivity contribution in [2.45, 2.75) is 25.3 Å². The highest BCUT2D eigenvalue weighted by molar-refractivity contribution is 5.79. The molecule has 0 spiro atoms. The number of hydrogen-bond acceptors (Lipinski definition) is 6. The molecule has 2 heterocycles. The molecule has 0 bridgehead atoms. The highest BCUT2D eigenvalue weighted by Gasteiger charge is 2.34. The van der Waals surface area contributed by atoms with Gasteiger partial charge in [0.25, 0.3) is 0 Å². The van der Waals surface area contributed by atoms with Crippen LogP contribution in [0.1, 0.15) is 35.2 Å². The van der Waals surface area contributed by atoms with E-state index < -0.39 is 0 Å². The van der Waals surface area contributed by atoms with Crippen molar-refractivity contribution in [1.82, 2.24) is 15.0 Å². The van der Waals surface area contributed by atoms with Crippen molar-refractivity contribution >= 4 is 5.91 Å². The fourth-order valence-corrected chi connectivity index (χ4v) is 3.60. The molecule has 0 radical (unpaired) electrons. The van der Waals surface area contributed by atoms with Crippen molar-refractivity contribution in [3.63, 3.8) is 0 Å². The number of methoxy groups -OCH3 is 2. The summed E-state index contributed by atoms with van der Waals surface area (Å²) >= 11 is 0. The number of carbonyl (C=O) groups is 1. The Morgan fingerprint density at radius 3 is 2.83 bits per heavy atom. The average Bonchev–Trinajstić information content (AvgIpc) is 3.35. The number of nitrogens with zero attached hydrogens (tertiary/aromatic N) is 3. The van der Waals surface area contributed by atoms with Crippen molar-refractivity contribution in [2.24, 2.45) is 0 Å². The first kappa shape index (κ1) is 19.0. The molecule has 1 amide bonds. The lowest BCUT2D eigenvalue weighted by Crippen LogP contribution is -2.24. The Morgan fingerprint density at radius 1 is 1.14 bits per heavy atom. The highest BCUT2D eigenvalue weighted by Crippen LogP contribution is 2.29. The molecular formula is C22H23N3O4. The molecule has 1 atom stereocenters. The van der Waals surface area contributed by atoms with Gasteiger partial charge < -0.3 is 18.9 Å². The van der Waals surface area contributed by atoms with Crippen molar-refractivity contribution in [2.75, 3.05) is 20.8 Å². The molecule has 1 aliphatic rings. The van der Waals surface area contributed by atoms with Gasteiger partial charge in [-0.1, -0.05) is 35.5 Å². The zero-order valence-electron chi connectivity index (χ0n) is 16.5. The molecule has 1 saturated heterocycles. The van der Waals surface area contributed by atoms with E-state index in [-0.39, 0.29) is 11.8 Å². The first-order valence-corrected chi connectivity index (χ1v) is 9.51. The molecule has 4 rings (SSSR count). The zero-order valence-corrected chi connectivity index (χ0v) is 16.5. The Labute approximate surface area is 169 Å². The molecule has 0 aliphatic carbocycles. The van der Waals surface area contributed by atoms with Crippen molar-refractivity contribution in [1.29, 1.82) is 0 Å². The van der Waals surface area contributed by atoms with Crippen LogP contribution in [0.2, 0.25) is 0 Å². The lowest BCUT2D eigenvalue weighted by Gasteiger charge is -2.17. The maximum atomic E-state index is 12.5.